The molecular formula is C20H23N3O4. The van der Waals surface area contributed by atoms with Gasteiger partial charge in [0.15, 0.2) is 0 Å². The van der Waals surface area contributed by atoms with Crippen LogP contribution in [0.2, 0.25) is 0 Å². The molecule has 2 unspecified atom stereocenters. The Kier molecular flexibility index (Phi) is 5.93. The predicted octanol–water partition coefficient (Wildman–Crippen LogP) is 2.09. The van der Waals surface area contributed by atoms with Gasteiger partial charge in [-0.1, -0.05) is 42.5 Å². The first kappa shape index (κ1) is 18.7. The highest BCUT2D eigenvalue weighted by atomic mass is 16.5. The molecule has 0 saturated carbocycles. The molecule has 1 aliphatic heterocycles. The second-order valence-electron chi connectivity index (χ2n) is 6.47. The third-order valence-corrected chi connectivity index (χ3v) is 4.56. The molecule has 27 heavy (non-hydrogen) atoms. The summed E-state index contributed by atoms with van der Waals surface area (Å²) in [6.07, 6.45) is -0.186. The molecule has 3 amide bonds. The summed E-state index contributed by atoms with van der Waals surface area (Å²) >= 11 is 0. The van der Waals surface area contributed by atoms with Crippen molar-refractivity contribution in [3.63, 3.8) is 0 Å². The molecule has 1 heterocycles. The van der Waals surface area contributed by atoms with Gasteiger partial charge in [0.2, 0.25) is 5.91 Å². The standard InChI is InChI=1S/C20H23N3O4/c21-20(26)22-17(14-5-2-1-3-6-14)12-19(25)23-9-10-27-18(13-23)15-7-4-8-16(24)11-15/h1-8,11,17-18,24H,9-10,12-13H2,(H3,21,22,26). The minimum Gasteiger partial charge on any atom is -0.508 e. The molecule has 4 N–H and O–H groups in total. The number of hydrogen-bond donors (Lipinski definition) is 3. The number of benzene rings is 2. The average molecular weight is 369 g/mol. The number of carbonyl (C=O) groups excluding carboxylic acids is 2. The second kappa shape index (κ2) is 8.55. The Hall–Kier alpha value is -3.06. The molecule has 1 fully saturated rings. The molecule has 0 radical (unpaired) electrons. The Morgan fingerprint density at radius 1 is 1.22 bits per heavy atom. The van der Waals surface area contributed by atoms with Crippen molar-refractivity contribution in [2.45, 2.75) is 18.6 Å². The Labute approximate surface area is 157 Å². The van der Waals surface area contributed by atoms with Crippen molar-refractivity contribution < 1.29 is 19.4 Å². The van der Waals surface area contributed by atoms with Crippen molar-refractivity contribution in [3.8, 4) is 5.75 Å². The van der Waals surface area contributed by atoms with E-state index in [9.17, 15) is 14.7 Å². The lowest BCUT2D eigenvalue weighted by molar-refractivity contribution is -0.139. The molecule has 142 valence electrons. The molecule has 3 rings (SSSR count). The van der Waals surface area contributed by atoms with E-state index in [0.717, 1.165) is 11.1 Å². The van der Waals surface area contributed by atoms with E-state index in [-0.39, 0.29) is 24.2 Å². The van der Waals surface area contributed by atoms with Gasteiger partial charge in [0.25, 0.3) is 0 Å². The second-order valence-corrected chi connectivity index (χ2v) is 6.47. The maximum Gasteiger partial charge on any atom is 0.312 e. The lowest BCUT2D eigenvalue weighted by atomic mass is 10.0. The fourth-order valence-electron chi connectivity index (χ4n) is 3.22. The highest BCUT2D eigenvalue weighted by molar-refractivity contribution is 5.79. The van der Waals surface area contributed by atoms with Crippen LogP contribution >= 0.6 is 0 Å². The van der Waals surface area contributed by atoms with Gasteiger partial charge >= 0.3 is 6.03 Å². The van der Waals surface area contributed by atoms with Crippen molar-refractivity contribution in [1.29, 1.82) is 0 Å². The fraction of sp³-hybridized carbons (Fsp3) is 0.300. The molecule has 7 nitrogen and oxygen atoms in total. The quantitative estimate of drug-likeness (QED) is 0.750. The highest BCUT2D eigenvalue weighted by Crippen LogP contribution is 2.26. The van der Waals surface area contributed by atoms with Gasteiger partial charge in [0.1, 0.15) is 11.9 Å². The topological polar surface area (TPSA) is 105 Å². The maximum absolute atomic E-state index is 12.8. The average Bonchev–Trinajstić information content (AvgIpc) is 2.68. The number of rotatable bonds is 5. The predicted molar refractivity (Wildman–Crippen MR) is 99.9 cm³/mol. The number of hydrogen-bond acceptors (Lipinski definition) is 4. The van der Waals surface area contributed by atoms with E-state index in [0.29, 0.717) is 19.7 Å². The van der Waals surface area contributed by atoms with Crippen LogP contribution in [0.5, 0.6) is 5.75 Å². The summed E-state index contributed by atoms with van der Waals surface area (Å²) in [5.74, 6) is 0.0698. The van der Waals surface area contributed by atoms with Gasteiger partial charge in [-0.25, -0.2) is 4.79 Å². The van der Waals surface area contributed by atoms with E-state index in [1.807, 2.05) is 36.4 Å². The third kappa shape index (κ3) is 4.98. The van der Waals surface area contributed by atoms with E-state index < -0.39 is 12.1 Å². The van der Waals surface area contributed by atoms with Crippen molar-refractivity contribution in [2.75, 3.05) is 19.7 Å². The summed E-state index contributed by atoms with van der Waals surface area (Å²) in [6.45, 7) is 1.28. The Bertz CT molecular complexity index is 797. The van der Waals surface area contributed by atoms with Gasteiger partial charge < -0.3 is 25.8 Å². The first-order chi connectivity index (χ1) is 13.0. The summed E-state index contributed by atoms with van der Waals surface area (Å²) in [7, 11) is 0. The normalized spacial score (nSPS) is 17.9. The van der Waals surface area contributed by atoms with E-state index in [4.69, 9.17) is 10.5 Å². The van der Waals surface area contributed by atoms with Crippen LogP contribution in [0, 0.1) is 0 Å². The number of urea groups is 1. The summed E-state index contributed by atoms with van der Waals surface area (Å²) < 4.78 is 5.76. The molecule has 0 spiro atoms. The molecule has 7 heteroatoms. The number of nitrogens with one attached hydrogen (secondary N) is 1. The van der Waals surface area contributed by atoms with Crippen LogP contribution in [-0.2, 0) is 9.53 Å². The highest BCUT2D eigenvalue weighted by Gasteiger charge is 2.28. The number of phenols is 1. The molecule has 0 aliphatic carbocycles. The van der Waals surface area contributed by atoms with E-state index in [2.05, 4.69) is 5.32 Å². The minimum atomic E-state index is -0.670. The third-order valence-electron chi connectivity index (χ3n) is 4.56. The molecular weight excluding hydrogens is 346 g/mol. The Morgan fingerprint density at radius 2 is 2.00 bits per heavy atom. The van der Waals surface area contributed by atoms with Crippen LogP contribution < -0.4 is 11.1 Å². The van der Waals surface area contributed by atoms with Crippen LogP contribution in [0.4, 0.5) is 4.79 Å². The molecule has 2 atom stereocenters. The van der Waals surface area contributed by atoms with Crippen LogP contribution in [0.1, 0.15) is 29.7 Å². The van der Waals surface area contributed by atoms with Crippen molar-refractivity contribution >= 4 is 11.9 Å². The summed E-state index contributed by atoms with van der Waals surface area (Å²) in [5, 5.41) is 12.3. The molecule has 1 aliphatic rings. The number of carbonyl (C=O) groups is 2. The number of nitrogens with two attached hydrogens (primary N) is 1. The molecule has 0 aromatic heterocycles. The first-order valence-electron chi connectivity index (χ1n) is 8.82. The van der Waals surface area contributed by atoms with Crippen molar-refractivity contribution in [1.82, 2.24) is 10.2 Å². The van der Waals surface area contributed by atoms with Gasteiger partial charge in [-0.05, 0) is 23.3 Å². The number of nitrogens with zero attached hydrogens (tertiary/aromatic N) is 1. The number of amides is 3. The van der Waals surface area contributed by atoms with Gasteiger partial charge in [0.05, 0.1) is 25.6 Å². The lowest BCUT2D eigenvalue weighted by Crippen LogP contribution is -2.44. The molecule has 0 bridgehead atoms. The van der Waals surface area contributed by atoms with Gasteiger partial charge in [-0.2, -0.15) is 0 Å². The molecule has 2 aromatic carbocycles. The first-order valence-corrected chi connectivity index (χ1v) is 8.82. The van der Waals surface area contributed by atoms with E-state index in [1.54, 1.807) is 23.1 Å². The number of ether oxygens (including phenoxy) is 1. The Balaban J connectivity index is 1.69. The number of morpholine rings is 1. The van der Waals surface area contributed by atoms with Crippen LogP contribution in [-0.4, -0.2) is 41.6 Å². The van der Waals surface area contributed by atoms with Gasteiger partial charge in [0, 0.05) is 6.54 Å². The number of aromatic hydroxyl groups is 1. The Morgan fingerprint density at radius 3 is 2.70 bits per heavy atom. The monoisotopic (exact) mass is 369 g/mol. The number of phenolic OH excluding ortho intramolecular Hbond substituents is 1. The smallest absolute Gasteiger partial charge is 0.312 e. The van der Waals surface area contributed by atoms with Crippen LogP contribution in [0.3, 0.4) is 0 Å². The largest absolute Gasteiger partial charge is 0.508 e. The van der Waals surface area contributed by atoms with Crippen LogP contribution in [0.15, 0.2) is 54.6 Å². The van der Waals surface area contributed by atoms with Crippen LogP contribution in [0.25, 0.3) is 0 Å². The minimum absolute atomic E-state index is 0.0916. The van der Waals surface area contributed by atoms with E-state index >= 15 is 0 Å². The van der Waals surface area contributed by atoms with E-state index in [1.165, 1.54) is 0 Å². The fourth-order valence-corrected chi connectivity index (χ4v) is 3.22. The lowest BCUT2D eigenvalue weighted by Gasteiger charge is -2.34. The van der Waals surface area contributed by atoms with Gasteiger partial charge in [-0.15, -0.1) is 0 Å². The SMILES string of the molecule is NC(=O)NC(CC(=O)N1CCOC(c2cccc(O)c2)C1)c1ccccc1. The maximum atomic E-state index is 12.8. The molecule has 2 aromatic rings. The van der Waals surface area contributed by atoms with Gasteiger partial charge in [-0.3, -0.25) is 4.79 Å². The summed E-state index contributed by atoms with van der Waals surface area (Å²) in [6, 6.07) is 14.9. The van der Waals surface area contributed by atoms with Crippen molar-refractivity contribution in [3.05, 3.63) is 65.7 Å². The number of primary amides is 1. The zero-order valence-corrected chi connectivity index (χ0v) is 14.9. The molecule has 1 saturated heterocycles. The van der Waals surface area contributed by atoms with Crippen molar-refractivity contribution in [2.24, 2.45) is 5.73 Å². The summed E-state index contributed by atoms with van der Waals surface area (Å²) in [4.78, 5) is 25.9. The summed E-state index contributed by atoms with van der Waals surface area (Å²) in [5.41, 5.74) is 6.92. The zero-order valence-electron chi connectivity index (χ0n) is 14.9. The zero-order chi connectivity index (χ0) is 19.2.